The molecule has 0 atom stereocenters. The van der Waals surface area contributed by atoms with Gasteiger partial charge in [-0.25, -0.2) is 15.0 Å². The van der Waals surface area contributed by atoms with E-state index in [9.17, 15) is 10.1 Å². The second-order valence-electron chi connectivity index (χ2n) is 5.75. The van der Waals surface area contributed by atoms with E-state index in [1.165, 1.54) is 12.1 Å². The highest BCUT2D eigenvalue weighted by molar-refractivity contribution is 6.36. The summed E-state index contributed by atoms with van der Waals surface area (Å²) < 4.78 is 0. The van der Waals surface area contributed by atoms with E-state index in [2.05, 4.69) is 20.3 Å². The minimum Gasteiger partial charge on any atom is -0.382 e. The van der Waals surface area contributed by atoms with E-state index >= 15 is 0 Å². The predicted molar refractivity (Wildman–Crippen MR) is 109 cm³/mol. The molecule has 3 rings (SSSR count). The molecule has 2 heterocycles. The Balaban J connectivity index is 1.72. The van der Waals surface area contributed by atoms with E-state index in [4.69, 9.17) is 34.7 Å². The third-order valence-electron chi connectivity index (χ3n) is 3.82. The summed E-state index contributed by atoms with van der Waals surface area (Å²) in [5.41, 5.74) is 13.1. The van der Waals surface area contributed by atoms with Crippen LogP contribution in [0, 0.1) is 10.1 Å². The maximum atomic E-state index is 10.8. The largest absolute Gasteiger partial charge is 0.382 e. The fourth-order valence-corrected chi connectivity index (χ4v) is 2.97. The molecule has 0 amide bonds. The first-order chi connectivity index (χ1) is 13.3. The number of benzene rings is 1. The molecule has 0 spiro atoms. The Labute approximate surface area is 169 Å². The van der Waals surface area contributed by atoms with Crippen molar-refractivity contribution in [3.8, 4) is 11.3 Å². The van der Waals surface area contributed by atoms with Gasteiger partial charge in [0, 0.05) is 29.6 Å². The van der Waals surface area contributed by atoms with Crippen LogP contribution < -0.4 is 16.8 Å². The Bertz CT molecular complexity index is 1050. The van der Waals surface area contributed by atoms with Gasteiger partial charge in [-0.05, 0) is 24.3 Å². The van der Waals surface area contributed by atoms with E-state index in [1.807, 2.05) is 0 Å². The van der Waals surface area contributed by atoms with Crippen LogP contribution in [0.15, 0.2) is 36.5 Å². The normalized spacial score (nSPS) is 10.6. The first kappa shape index (κ1) is 19.6. The smallest absolute Gasteiger partial charge is 0.311 e. The highest BCUT2D eigenvalue weighted by Gasteiger charge is 2.14. The number of aromatic nitrogens is 3. The molecule has 0 fully saturated rings. The molecule has 5 N–H and O–H groups in total. The van der Waals surface area contributed by atoms with E-state index in [1.54, 1.807) is 24.4 Å². The van der Waals surface area contributed by atoms with Gasteiger partial charge in [-0.2, -0.15) is 0 Å². The molecular weight excluding hydrogens is 405 g/mol. The number of nitrogens with two attached hydrogens (primary N) is 2. The molecular formula is C17H15Cl2N7O2. The summed E-state index contributed by atoms with van der Waals surface area (Å²) in [6.07, 6.45) is 2.08. The molecule has 0 radical (unpaired) electrons. The lowest BCUT2D eigenvalue weighted by Crippen LogP contribution is -2.10. The van der Waals surface area contributed by atoms with Crippen molar-refractivity contribution in [2.75, 3.05) is 23.3 Å². The standard InChI is InChI=1S/C17H15Cl2N7O2/c18-9-1-2-11(12(19)7-9)15-17(21)23-8-10(24-15)5-6-22-14-4-3-13(26(27)28)16(20)25-14/h1-4,7-8H,5-6H2,(H2,21,23)(H3,20,22,25). The number of rotatable bonds is 6. The van der Waals surface area contributed by atoms with Gasteiger partial charge in [0.1, 0.15) is 17.3 Å². The Hall–Kier alpha value is -3.17. The summed E-state index contributed by atoms with van der Waals surface area (Å²) in [5, 5.41) is 14.7. The van der Waals surface area contributed by atoms with Gasteiger partial charge in [-0.3, -0.25) is 10.1 Å². The molecule has 28 heavy (non-hydrogen) atoms. The fourth-order valence-electron chi connectivity index (χ4n) is 2.47. The Morgan fingerprint density at radius 1 is 1.11 bits per heavy atom. The van der Waals surface area contributed by atoms with Crippen LogP contribution in [0.1, 0.15) is 5.69 Å². The quantitative estimate of drug-likeness (QED) is 0.405. The van der Waals surface area contributed by atoms with Gasteiger partial charge in [0.05, 0.1) is 21.8 Å². The molecule has 144 valence electrons. The topological polar surface area (TPSA) is 146 Å². The maximum absolute atomic E-state index is 10.8. The molecule has 0 saturated carbocycles. The van der Waals surface area contributed by atoms with Crippen LogP contribution in [0.3, 0.4) is 0 Å². The molecule has 0 saturated heterocycles. The van der Waals surface area contributed by atoms with Crippen LogP contribution >= 0.6 is 23.2 Å². The zero-order valence-electron chi connectivity index (χ0n) is 14.4. The lowest BCUT2D eigenvalue weighted by atomic mass is 10.1. The molecule has 3 aromatic rings. The predicted octanol–water partition coefficient (Wildman–Crippen LogP) is 3.57. The van der Waals surface area contributed by atoms with Gasteiger partial charge in [-0.15, -0.1) is 0 Å². The Morgan fingerprint density at radius 2 is 1.89 bits per heavy atom. The molecule has 1 aromatic carbocycles. The second-order valence-corrected chi connectivity index (χ2v) is 6.60. The number of pyridine rings is 1. The van der Waals surface area contributed by atoms with Crippen LogP contribution in [0.4, 0.5) is 23.1 Å². The highest BCUT2D eigenvalue weighted by Crippen LogP contribution is 2.31. The minimum absolute atomic E-state index is 0.151. The number of halogens is 2. The van der Waals surface area contributed by atoms with Crippen molar-refractivity contribution in [3.05, 3.63) is 62.4 Å². The third-order valence-corrected chi connectivity index (χ3v) is 4.37. The number of hydrogen-bond donors (Lipinski definition) is 3. The summed E-state index contributed by atoms with van der Waals surface area (Å²) in [5.74, 6) is 0.528. The van der Waals surface area contributed by atoms with E-state index in [0.717, 1.165) is 0 Å². The average Bonchev–Trinajstić information content (AvgIpc) is 2.63. The van der Waals surface area contributed by atoms with Crippen molar-refractivity contribution in [2.24, 2.45) is 0 Å². The van der Waals surface area contributed by atoms with Gasteiger partial charge in [-0.1, -0.05) is 23.2 Å². The van der Waals surface area contributed by atoms with Crippen molar-refractivity contribution in [1.82, 2.24) is 15.0 Å². The number of nitrogen functional groups attached to an aromatic ring is 2. The molecule has 0 unspecified atom stereocenters. The summed E-state index contributed by atoms with van der Waals surface area (Å²) in [6, 6.07) is 7.83. The van der Waals surface area contributed by atoms with Gasteiger partial charge in [0.25, 0.3) is 0 Å². The van der Waals surface area contributed by atoms with Crippen molar-refractivity contribution in [3.63, 3.8) is 0 Å². The van der Waals surface area contributed by atoms with Crippen LogP contribution in [-0.2, 0) is 6.42 Å². The van der Waals surface area contributed by atoms with Crippen molar-refractivity contribution in [1.29, 1.82) is 0 Å². The summed E-state index contributed by atoms with van der Waals surface area (Å²) in [7, 11) is 0. The van der Waals surface area contributed by atoms with E-state index in [0.29, 0.717) is 45.8 Å². The summed E-state index contributed by atoms with van der Waals surface area (Å²) in [6.45, 7) is 0.455. The summed E-state index contributed by atoms with van der Waals surface area (Å²) in [4.78, 5) is 22.9. The zero-order chi connectivity index (χ0) is 20.3. The van der Waals surface area contributed by atoms with Gasteiger partial charge in [0.2, 0.25) is 5.82 Å². The van der Waals surface area contributed by atoms with Crippen molar-refractivity contribution in [2.45, 2.75) is 6.42 Å². The maximum Gasteiger partial charge on any atom is 0.311 e. The van der Waals surface area contributed by atoms with E-state index < -0.39 is 4.92 Å². The van der Waals surface area contributed by atoms with Gasteiger partial charge < -0.3 is 16.8 Å². The van der Waals surface area contributed by atoms with Crippen molar-refractivity contribution < 1.29 is 4.92 Å². The number of anilines is 3. The molecule has 0 bridgehead atoms. The van der Waals surface area contributed by atoms with Crippen molar-refractivity contribution >= 4 is 46.3 Å². The average molecular weight is 420 g/mol. The minimum atomic E-state index is -0.584. The Morgan fingerprint density at radius 3 is 2.57 bits per heavy atom. The Kier molecular flexibility index (Phi) is 5.76. The molecule has 11 heteroatoms. The van der Waals surface area contributed by atoms with Gasteiger partial charge in [0.15, 0.2) is 0 Å². The number of nitrogens with zero attached hydrogens (tertiary/aromatic N) is 4. The molecule has 0 aliphatic rings. The van der Waals surface area contributed by atoms with Crippen LogP contribution in [0.25, 0.3) is 11.3 Å². The highest BCUT2D eigenvalue weighted by atomic mass is 35.5. The lowest BCUT2D eigenvalue weighted by molar-refractivity contribution is -0.384. The third kappa shape index (κ3) is 4.38. The fraction of sp³-hybridized carbons (Fsp3) is 0.118. The molecule has 0 aliphatic heterocycles. The summed E-state index contributed by atoms with van der Waals surface area (Å²) >= 11 is 12.2. The first-order valence-electron chi connectivity index (χ1n) is 8.06. The molecule has 2 aromatic heterocycles. The van der Waals surface area contributed by atoms with E-state index in [-0.39, 0.29) is 17.3 Å². The number of nitro groups is 1. The second kappa shape index (κ2) is 8.24. The van der Waals surface area contributed by atoms with Crippen LogP contribution in [0.2, 0.25) is 10.0 Å². The first-order valence-corrected chi connectivity index (χ1v) is 8.82. The van der Waals surface area contributed by atoms with Crippen LogP contribution in [-0.4, -0.2) is 26.4 Å². The van der Waals surface area contributed by atoms with Crippen LogP contribution in [0.5, 0.6) is 0 Å². The van der Waals surface area contributed by atoms with Gasteiger partial charge >= 0.3 is 5.69 Å². The monoisotopic (exact) mass is 419 g/mol. The number of hydrogen-bond acceptors (Lipinski definition) is 8. The lowest BCUT2D eigenvalue weighted by Gasteiger charge is -2.10. The molecule has 9 nitrogen and oxygen atoms in total. The number of nitrogens with one attached hydrogen (secondary N) is 1. The zero-order valence-corrected chi connectivity index (χ0v) is 15.9. The SMILES string of the molecule is Nc1nc(NCCc2cnc(N)c(-c3ccc(Cl)cc3Cl)n2)ccc1[N+](=O)[O-]. The molecule has 0 aliphatic carbocycles.